The Morgan fingerprint density at radius 3 is 2.00 bits per heavy atom. The highest BCUT2D eigenvalue weighted by Crippen LogP contribution is 2.35. The van der Waals surface area contributed by atoms with E-state index in [2.05, 4.69) is 42.7 Å². The Labute approximate surface area is 147 Å². The normalized spacial score (nSPS) is 10.9. The lowest BCUT2D eigenvalue weighted by atomic mass is 9.98. The zero-order valence-electron chi connectivity index (χ0n) is 14.4. The van der Waals surface area contributed by atoms with Crippen molar-refractivity contribution in [3.05, 3.63) is 76.1 Å². The smallest absolute Gasteiger partial charge is 0.162 e. The summed E-state index contributed by atoms with van der Waals surface area (Å²) < 4.78 is 2.15. The maximum absolute atomic E-state index is 12.3. The molecule has 1 heterocycles. The van der Waals surface area contributed by atoms with Gasteiger partial charge in [0, 0.05) is 33.2 Å². The summed E-state index contributed by atoms with van der Waals surface area (Å²) in [6.07, 6.45) is 0. The first-order valence-corrected chi connectivity index (χ1v) is 8.33. The molecule has 0 saturated heterocycles. The van der Waals surface area contributed by atoms with Gasteiger partial charge in [0.25, 0.3) is 0 Å². The summed E-state index contributed by atoms with van der Waals surface area (Å²) in [5.41, 5.74) is 7.07. The number of Topliss-reactive ketones (excluding diaryl/α,β-unsaturated/α-hetero) is 1. The third-order valence-electron chi connectivity index (χ3n) is 4.42. The van der Waals surface area contributed by atoms with Crippen LogP contribution in [0.5, 0.6) is 0 Å². The van der Waals surface area contributed by atoms with E-state index in [1.165, 1.54) is 5.56 Å². The third-order valence-corrected chi connectivity index (χ3v) is 4.67. The number of aromatic nitrogens is 1. The van der Waals surface area contributed by atoms with E-state index in [4.69, 9.17) is 11.6 Å². The van der Waals surface area contributed by atoms with Crippen molar-refractivity contribution < 1.29 is 4.79 Å². The fraction of sp³-hybridized carbons (Fsp3) is 0.190. The van der Waals surface area contributed by atoms with Gasteiger partial charge in [-0.1, -0.05) is 41.4 Å². The summed E-state index contributed by atoms with van der Waals surface area (Å²) >= 11 is 6.02. The largest absolute Gasteiger partial charge is 0.317 e. The molecule has 0 saturated carbocycles. The van der Waals surface area contributed by atoms with Gasteiger partial charge >= 0.3 is 0 Å². The van der Waals surface area contributed by atoms with Gasteiger partial charge in [0.1, 0.15) is 0 Å². The quantitative estimate of drug-likeness (QED) is 0.543. The highest BCUT2D eigenvalue weighted by atomic mass is 35.5. The Balaban J connectivity index is 2.29. The number of carbonyl (C=O) groups is 1. The number of nitrogens with zero attached hydrogens (tertiary/aromatic N) is 1. The fourth-order valence-electron chi connectivity index (χ4n) is 3.32. The predicted molar refractivity (Wildman–Crippen MR) is 100 cm³/mol. The van der Waals surface area contributed by atoms with Gasteiger partial charge in [0.15, 0.2) is 5.78 Å². The van der Waals surface area contributed by atoms with E-state index in [1.807, 2.05) is 31.2 Å². The Kier molecular flexibility index (Phi) is 4.33. The summed E-state index contributed by atoms with van der Waals surface area (Å²) in [5, 5.41) is 0.690. The van der Waals surface area contributed by atoms with Crippen LogP contribution in [0.1, 0.15) is 34.2 Å². The molecule has 0 aliphatic rings. The van der Waals surface area contributed by atoms with E-state index < -0.39 is 0 Å². The molecule has 0 fully saturated rings. The molecule has 0 atom stereocenters. The first-order chi connectivity index (χ1) is 11.4. The van der Waals surface area contributed by atoms with E-state index >= 15 is 0 Å². The molecule has 2 nitrogen and oxygen atoms in total. The molecule has 3 rings (SSSR count). The lowest BCUT2D eigenvalue weighted by molar-refractivity contribution is 0.101. The zero-order chi connectivity index (χ0) is 17.4. The van der Waals surface area contributed by atoms with Crippen molar-refractivity contribution in [2.45, 2.75) is 27.7 Å². The maximum atomic E-state index is 12.3. The molecule has 3 heteroatoms. The molecule has 0 spiro atoms. The van der Waals surface area contributed by atoms with Gasteiger partial charge < -0.3 is 4.57 Å². The lowest BCUT2D eigenvalue weighted by Gasteiger charge is -2.10. The maximum Gasteiger partial charge on any atom is 0.162 e. The van der Waals surface area contributed by atoms with E-state index in [9.17, 15) is 4.79 Å². The first-order valence-electron chi connectivity index (χ1n) is 7.96. The number of carbonyl (C=O) groups excluding carboxylic acids is 1. The van der Waals surface area contributed by atoms with Crippen molar-refractivity contribution >= 4 is 17.4 Å². The summed E-state index contributed by atoms with van der Waals surface area (Å²) in [6, 6.07) is 16.0. The fourth-order valence-corrected chi connectivity index (χ4v) is 3.44. The monoisotopic (exact) mass is 337 g/mol. The minimum absolute atomic E-state index is 0.0754. The van der Waals surface area contributed by atoms with E-state index in [0.29, 0.717) is 5.02 Å². The highest BCUT2D eigenvalue weighted by Gasteiger charge is 2.22. The average molecular weight is 338 g/mol. The molecule has 0 bridgehead atoms. The molecule has 3 aromatic rings. The Hall–Kier alpha value is -2.32. The zero-order valence-corrected chi connectivity index (χ0v) is 15.1. The summed E-state index contributed by atoms with van der Waals surface area (Å²) in [7, 11) is 0. The standard InChI is InChI=1S/C21H20ClNO/c1-13-5-11-19(12-6-13)23-14(2)20(16(4)24)21(15(23)3)17-7-9-18(22)10-8-17/h5-12H,1-4H3. The second kappa shape index (κ2) is 6.29. The van der Waals surface area contributed by atoms with Crippen LogP contribution in [0.2, 0.25) is 5.02 Å². The minimum atomic E-state index is 0.0754. The Morgan fingerprint density at radius 1 is 0.875 bits per heavy atom. The van der Waals surface area contributed by atoms with Crippen molar-refractivity contribution in [3.8, 4) is 16.8 Å². The number of halogens is 1. The van der Waals surface area contributed by atoms with Crippen LogP contribution >= 0.6 is 11.6 Å². The lowest BCUT2D eigenvalue weighted by Crippen LogP contribution is -2.01. The molecule has 1 aromatic heterocycles. The number of ketones is 1. The minimum Gasteiger partial charge on any atom is -0.317 e. The highest BCUT2D eigenvalue weighted by molar-refractivity contribution is 6.30. The molecular formula is C21H20ClNO. The van der Waals surface area contributed by atoms with Crippen LogP contribution in [0, 0.1) is 20.8 Å². The molecule has 122 valence electrons. The van der Waals surface area contributed by atoms with Crippen molar-refractivity contribution in [3.63, 3.8) is 0 Å². The number of aryl methyl sites for hydroxylation is 1. The van der Waals surface area contributed by atoms with Crippen LogP contribution in [0.15, 0.2) is 48.5 Å². The van der Waals surface area contributed by atoms with Gasteiger partial charge in [0.2, 0.25) is 0 Å². The van der Waals surface area contributed by atoms with Crippen LogP contribution in [-0.2, 0) is 0 Å². The molecular weight excluding hydrogens is 318 g/mol. The predicted octanol–water partition coefficient (Wildman–Crippen LogP) is 5.93. The van der Waals surface area contributed by atoms with E-state index in [1.54, 1.807) is 6.92 Å². The molecule has 2 aromatic carbocycles. The molecule has 0 N–H and O–H groups in total. The van der Waals surface area contributed by atoms with E-state index in [-0.39, 0.29) is 5.78 Å². The van der Waals surface area contributed by atoms with Gasteiger partial charge in [-0.3, -0.25) is 4.79 Å². The molecule has 0 radical (unpaired) electrons. The van der Waals surface area contributed by atoms with Gasteiger partial charge in [-0.15, -0.1) is 0 Å². The molecule has 0 aliphatic heterocycles. The molecule has 0 unspecified atom stereocenters. The number of hydrogen-bond donors (Lipinski definition) is 0. The first kappa shape index (κ1) is 16.5. The van der Waals surface area contributed by atoms with Gasteiger partial charge in [-0.05, 0) is 57.5 Å². The third kappa shape index (κ3) is 2.78. The van der Waals surface area contributed by atoms with Crippen LogP contribution in [-0.4, -0.2) is 10.4 Å². The SMILES string of the molecule is CC(=O)c1c(-c2ccc(Cl)cc2)c(C)n(-c2ccc(C)cc2)c1C. The topological polar surface area (TPSA) is 22.0 Å². The van der Waals surface area contributed by atoms with Crippen LogP contribution in [0.3, 0.4) is 0 Å². The van der Waals surface area contributed by atoms with Crippen LogP contribution in [0.25, 0.3) is 16.8 Å². The Morgan fingerprint density at radius 2 is 1.46 bits per heavy atom. The van der Waals surface area contributed by atoms with Crippen molar-refractivity contribution in [2.24, 2.45) is 0 Å². The average Bonchev–Trinajstić information content (AvgIpc) is 2.80. The molecule has 24 heavy (non-hydrogen) atoms. The second-order valence-electron chi connectivity index (χ2n) is 6.15. The summed E-state index contributed by atoms with van der Waals surface area (Å²) in [4.78, 5) is 12.3. The number of hydrogen-bond acceptors (Lipinski definition) is 1. The second-order valence-corrected chi connectivity index (χ2v) is 6.59. The molecule has 0 amide bonds. The van der Waals surface area contributed by atoms with Gasteiger partial charge in [-0.2, -0.15) is 0 Å². The Bertz CT molecular complexity index is 903. The number of rotatable bonds is 3. The van der Waals surface area contributed by atoms with Gasteiger partial charge in [-0.25, -0.2) is 0 Å². The van der Waals surface area contributed by atoms with Crippen LogP contribution in [0.4, 0.5) is 0 Å². The van der Waals surface area contributed by atoms with E-state index in [0.717, 1.165) is 33.8 Å². The van der Waals surface area contributed by atoms with Gasteiger partial charge in [0.05, 0.1) is 0 Å². The van der Waals surface area contributed by atoms with Crippen molar-refractivity contribution in [1.29, 1.82) is 0 Å². The number of benzene rings is 2. The van der Waals surface area contributed by atoms with Crippen molar-refractivity contribution in [2.75, 3.05) is 0 Å². The van der Waals surface area contributed by atoms with Crippen molar-refractivity contribution in [1.82, 2.24) is 4.57 Å². The summed E-state index contributed by atoms with van der Waals surface area (Å²) in [5.74, 6) is 0.0754. The van der Waals surface area contributed by atoms with Crippen LogP contribution < -0.4 is 0 Å². The summed E-state index contributed by atoms with van der Waals surface area (Å²) in [6.45, 7) is 7.76. The molecule has 0 aliphatic carbocycles.